The molecule has 0 radical (unpaired) electrons. The molecule has 39 heavy (non-hydrogen) atoms. The van der Waals surface area contributed by atoms with Gasteiger partial charge in [0, 0.05) is 47.6 Å². The normalized spacial score (nSPS) is 16.5. The van der Waals surface area contributed by atoms with E-state index in [-0.39, 0.29) is 0 Å². The first-order chi connectivity index (χ1) is 18.9. The summed E-state index contributed by atoms with van der Waals surface area (Å²) >= 11 is 1.96. The predicted molar refractivity (Wildman–Crippen MR) is 155 cm³/mol. The third kappa shape index (κ3) is 7.88. The lowest BCUT2D eigenvalue weighted by Gasteiger charge is -2.33. The highest BCUT2D eigenvalue weighted by Gasteiger charge is 2.29. The smallest absolute Gasteiger partial charge is 0.328 e. The summed E-state index contributed by atoms with van der Waals surface area (Å²) in [5, 5.41) is 15.6. The Morgan fingerprint density at radius 2 is 1.62 bits per heavy atom. The molecule has 0 aromatic heterocycles. The van der Waals surface area contributed by atoms with Crippen LogP contribution in [0.1, 0.15) is 24.0 Å². The Kier molecular flexibility index (Phi) is 10.1. The van der Waals surface area contributed by atoms with Crippen molar-refractivity contribution in [3.63, 3.8) is 0 Å². The van der Waals surface area contributed by atoms with Gasteiger partial charge >= 0.3 is 11.9 Å². The first-order valence-corrected chi connectivity index (χ1v) is 14.0. The van der Waals surface area contributed by atoms with Crippen LogP contribution < -0.4 is 9.64 Å². The molecule has 5 rings (SSSR count). The molecule has 0 bridgehead atoms. The number of likely N-dealkylation sites (tertiary alicyclic amines) is 1. The van der Waals surface area contributed by atoms with Crippen molar-refractivity contribution < 1.29 is 24.5 Å². The molecule has 0 spiro atoms. The number of benzene rings is 3. The SMILES string of the molecule is COc1ccc(CCN2CCCC2CN2c3ccccc3CSc3ccccc32)cc1.O=C(O)C=CC(=O)O. The zero-order valence-corrected chi connectivity index (χ0v) is 22.8. The van der Waals surface area contributed by atoms with Crippen molar-refractivity contribution in [2.45, 2.75) is 36.0 Å². The van der Waals surface area contributed by atoms with E-state index in [1.165, 1.54) is 46.8 Å². The number of nitrogens with zero attached hydrogens (tertiary/aromatic N) is 2. The van der Waals surface area contributed by atoms with Crippen LogP contribution in [0.4, 0.5) is 11.4 Å². The molecule has 2 aliphatic heterocycles. The molecule has 1 atom stereocenters. The molecule has 2 N–H and O–H groups in total. The fraction of sp³-hybridized carbons (Fsp3) is 0.290. The average Bonchev–Trinajstić information content (AvgIpc) is 3.34. The second-order valence-corrected chi connectivity index (χ2v) is 10.5. The van der Waals surface area contributed by atoms with Gasteiger partial charge in [-0.25, -0.2) is 9.59 Å². The van der Waals surface area contributed by atoms with Crippen molar-refractivity contribution >= 4 is 35.1 Å². The summed E-state index contributed by atoms with van der Waals surface area (Å²) in [7, 11) is 1.72. The average molecular weight is 547 g/mol. The summed E-state index contributed by atoms with van der Waals surface area (Å²) in [5.74, 6) is -0.547. The molecular weight excluding hydrogens is 512 g/mol. The Labute approximate surface area is 233 Å². The van der Waals surface area contributed by atoms with Crippen LogP contribution in [-0.2, 0) is 21.8 Å². The Morgan fingerprint density at radius 3 is 2.31 bits per heavy atom. The zero-order chi connectivity index (χ0) is 27.6. The maximum atomic E-state index is 9.55. The topological polar surface area (TPSA) is 90.3 Å². The van der Waals surface area contributed by atoms with Crippen LogP contribution in [-0.4, -0.2) is 59.8 Å². The van der Waals surface area contributed by atoms with E-state index in [4.69, 9.17) is 14.9 Å². The van der Waals surface area contributed by atoms with Gasteiger partial charge in [0.2, 0.25) is 0 Å². The minimum atomic E-state index is -1.26. The summed E-state index contributed by atoms with van der Waals surface area (Å²) in [5.41, 5.74) is 5.56. The van der Waals surface area contributed by atoms with Crippen molar-refractivity contribution in [1.82, 2.24) is 4.90 Å². The maximum absolute atomic E-state index is 9.55. The van der Waals surface area contributed by atoms with E-state index in [1.54, 1.807) is 7.11 Å². The molecule has 204 valence electrons. The number of aliphatic carboxylic acids is 2. The van der Waals surface area contributed by atoms with Crippen LogP contribution in [0.15, 0.2) is 89.8 Å². The number of carboxylic acid groups (broad SMARTS) is 2. The Bertz CT molecular complexity index is 1230. The van der Waals surface area contributed by atoms with Gasteiger partial charge in [0.25, 0.3) is 0 Å². The number of anilines is 2. The number of ether oxygens (including phenoxy) is 1. The standard InChI is InChI=1S/C27H30N2OS.C4H4O4/c1-30-24-14-12-21(13-15-24)16-18-28-17-6-8-23(28)19-29-25-9-3-2-7-22(25)20-31-27-11-5-4-10-26(27)29;5-3(6)1-2-4(7)8/h2-5,7,9-15,23H,6,8,16-20H2,1H3;1-2H,(H,5,6)(H,7,8). The van der Waals surface area contributed by atoms with Crippen molar-refractivity contribution in [1.29, 1.82) is 0 Å². The quantitative estimate of drug-likeness (QED) is 0.340. The molecule has 2 aliphatic rings. The minimum absolute atomic E-state index is 0.558. The van der Waals surface area contributed by atoms with Gasteiger partial charge < -0.3 is 19.8 Å². The fourth-order valence-electron chi connectivity index (χ4n) is 4.99. The Balaban J connectivity index is 0.000000386. The second-order valence-electron chi connectivity index (χ2n) is 9.44. The van der Waals surface area contributed by atoms with Gasteiger partial charge in [0.1, 0.15) is 5.75 Å². The molecule has 1 fully saturated rings. The molecule has 1 unspecified atom stereocenters. The zero-order valence-electron chi connectivity index (χ0n) is 22.0. The number of carboxylic acids is 2. The van der Waals surface area contributed by atoms with E-state index in [0.717, 1.165) is 31.0 Å². The van der Waals surface area contributed by atoms with Crippen LogP contribution in [0, 0.1) is 0 Å². The molecule has 3 aromatic carbocycles. The third-order valence-electron chi connectivity index (χ3n) is 6.93. The fourth-order valence-corrected chi connectivity index (χ4v) is 6.05. The van der Waals surface area contributed by atoms with Crippen LogP contribution in [0.5, 0.6) is 5.75 Å². The Morgan fingerprint density at radius 1 is 0.949 bits per heavy atom. The van der Waals surface area contributed by atoms with E-state index in [0.29, 0.717) is 18.2 Å². The number of para-hydroxylation sites is 2. The highest BCUT2D eigenvalue weighted by molar-refractivity contribution is 7.98. The van der Waals surface area contributed by atoms with Crippen LogP contribution >= 0.6 is 11.8 Å². The molecule has 3 aromatic rings. The number of hydrogen-bond donors (Lipinski definition) is 2. The number of fused-ring (bicyclic) bond motifs is 2. The van der Waals surface area contributed by atoms with E-state index in [9.17, 15) is 9.59 Å². The van der Waals surface area contributed by atoms with Gasteiger partial charge in [-0.15, -0.1) is 11.8 Å². The summed E-state index contributed by atoms with van der Waals surface area (Å²) in [6.07, 6.45) is 4.77. The van der Waals surface area contributed by atoms with Crippen LogP contribution in [0.25, 0.3) is 0 Å². The maximum Gasteiger partial charge on any atom is 0.328 e. The molecular formula is C31H34N2O5S. The first-order valence-electron chi connectivity index (χ1n) is 13.0. The van der Waals surface area contributed by atoms with Gasteiger partial charge in [-0.2, -0.15) is 0 Å². The number of carbonyl (C=O) groups is 2. The Hall–Kier alpha value is -3.75. The number of hydrogen-bond acceptors (Lipinski definition) is 6. The van der Waals surface area contributed by atoms with Gasteiger partial charge in [0.15, 0.2) is 0 Å². The van der Waals surface area contributed by atoms with E-state index in [2.05, 4.69) is 82.6 Å². The van der Waals surface area contributed by atoms with E-state index >= 15 is 0 Å². The summed E-state index contributed by atoms with van der Waals surface area (Å²) < 4.78 is 5.30. The lowest BCUT2D eigenvalue weighted by atomic mass is 10.1. The van der Waals surface area contributed by atoms with Gasteiger partial charge in [-0.1, -0.05) is 42.5 Å². The first kappa shape index (κ1) is 28.3. The molecule has 8 heteroatoms. The van der Waals surface area contributed by atoms with Crippen molar-refractivity contribution in [3.05, 3.63) is 96.1 Å². The number of methoxy groups -OCH3 is 1. The monoisotopic (exact) mass is 546 g/mol. The highest BCUT2D eigenvalue weighted by atomic mass is 32.2. The van der Waals surface area contributed by atoms with E-state index < -0.39 is 11.9 Å². The predicted octanol–water partition coefficient (Wildman–Crippen LogP) is 5.86. The molecule has 2 heterocycles. The molecule has 7 nitrogen and oxygen atoms in total. The second kappa shape index (κ2) is 13.9. The highest BCUT2D eigenvalue weighted by Crippen LogP contribution is 2.43. The molecule has 0 aliphatic carbocycles. The van der Waals surface area contributed by atoms with Gasteiger partial charge in [-0.05, 0) is 67.3 Å². The lowest BCUT2D eigenvalue weighted by molar-refractivity contribution is -0.134. The van der Waals surface area contributed by atoms with Crippen LogP contribution in [0.2, 0.25) is 0 Å². The number of rotatable bonds is 8. The van der Waals surface area contributed by atoms with Crippen molar-refractivity contribution in [2.75, 3.05) is 31.6 Å². The summed E-state index contributed by atoms with van der Waals surface area (Å²) in [6, 6.07) is 27.0. The van der Waals surface area contributed by atoms with E-state index in [1.807, 2.05) is 11.8 Å². The number of thioether (sulfide) groups is 1. The summed E-state index contributed by atoms with van der Waals surface area (Å²) in [4.78, 5) is 25.8. The minimum Gasteiger partial charge on any atom is -0.497 e. The van der Waals surface area contributed by atoms with Gasteiger partial charge in [0.05, 0.1) is 12.8 Å². The molecule has 1 saturated heterocycles. The molecule has 0 amide bonds. The van der Waals surface area contributed by atoms with Crippen molar-refractivity contribution in [3.8, 4) is 5.75 Å². The van der Waals surface area contributed by atoms with Crippen LogP contribution in [0.3, 0.4) is 0 Å². The molecule has 0 saturated carbocycles. The third-order valence-corrected chi connectivity index (χ3v) is 8.04. The largest absolute Gasteiger partial charge is 0.497 e. The summed E-state index contributed by atoms with van der Waals surface area (Å²) in [6.45, 7) is 3.37. The van der Waals surface area contributed by atoms with Crippen molar-refractivity contribution in [2.24, 2.45) is 0 Å². The van der Waals surface area contributed by atoms with Gasteiger partial charge in [-0.3, -0.25) is 4.90 Å². The lowest BCUT2D eigenvalue weighted by Crippen LogP contribution is -2.39.